The Morgan fingerprint density at radius 3 is 2.09 bits per heavy atom. The van der Waals surface area contributed by atoms with Crippen molar-refractivity contribution in [3.8, 4) is 34.5 Å². The highest BCUT2D eigenvalue weighted by Crippen LogP contribution is 2.44. The zero-order valence-corrected chi connectivity index (χ0v) is 23.3. The van der Waals surface area contributed by atoms with Crippen LogP contribution in [0.3, 0.4) is 0 Å². The first-order valence-corrected chi connectivity index (χ1v) is 13.5. The molecule has 0 amide bonds. The molecule has 0 spiro atoms. The molecule has 178 valence electrons. The summed E-state index contributed by atoms with van der Waals surface area (Å²) >= 11 is 10.5. The first-order chi connectivity index (χ1) is 16.9. The molecule has 7 heteroatoms. The molecule has 0 aliphatic carbocycles. The van der Waals surface area contributed by atoms with Gasteiger partial charge in [0, 0.05) is 10.0 Å². The van der Waals surface area contributed by atoms with Crippen LogP contribution in [0.5, 0.6) is 34.5 Å². The topological polar surface area (TPSA) is 58.9 Å². The van der Waals surface area contributed by atoms with E-state index < -0.39 is 0 Å². The van der Waals surface area contributed by atoms with Gasteiger partial charge in [-0.1, -0.05) is 40.2 Å². The summed E-state index contributed by atoms with van der Waals surface area (Å²) in [5, 5.41) is 21.4. The second-order valence-corrected chi connectivity index (χ2v) is 11.0. The van der Waals surface area contributed by atoms with Crippen molar-refractivity contribution in [1.82, 2.24) is 0 Å². The molecule has 35 heavy (non-hydrogen) atoms. The average Bonchev–Trinajstić information content (AvgIpc) is 2.84. The monoisotopic (exact) mass is 658 g/mol. The van der Waals surface area contributed by atoms with Crippen molar-refractivity contribution in [2.45, 2.75) is 25.7 Å². The van der Waals surface area contributed by atoms with Gasteiger partial charge in [0.25, 0.3) is 0 Å². The van der Waals surface area contributed by atoms with Crippen molar-refractivity contribution in [2.24, 2.45) is 0 Å². The minimum atomic E-state index is 0.0771. The predicted octanol–water partition coefficient (Wildman–Crippen LogP) is 8.85. The van der Waals surface area contributed by atoms with Gasteiger partial charge in [0.15, 0.2) is 23.0 Å². The molecule has 2 heterocycles. The normalized spacial score (nSPS) is 13.2. The third-order valence-corrected chi connectivity index (χ3v) is 7.90. The van der Waals surface area contributed by atoms with Gasteiger partial charge in [-0.05, 0) is 117 Å². The Hall–Kier alpha value is -2.48. The smallest absolute Gasteiger partial charge is 0.174 e. The van der Waals surface area contributed by atoms with Crippen molar-refractivity contribution in [3.63, 3.8) is 0 Å². The molecule has 4 nitrogen and oxygen atoms in total. The second kappa shape index (κ2) is 10.2. The average molecular weight is 661 g/mol. The molecule has 2 aliphatic heterocycles. The van der Waals surface area contributed by atoms with E-state index in [0.717, 1.165) is 46.0 Å². The fourth-order valence-corrected chi connectivity index (χ4v) is 5.92. The van der Waals surface area contributed by atoms with E-state index in [1.54, 1.807) is 0 Å². The standard InChI is InChI=1S/C28H21Br3O4/c29-22-15-24(31)27(33)28-21(22)11-8-16-6-9-19(10-7-16)34-25-14-18(13-23(30)26(25)32)5-4-17-2-1-3-20(12-17)35-28/h1-3,6-7,9-10,12-15,32-33H,4-5,8,11H2. The van der Waals surface area contributed by atoms with Crippen LogP contribution in [0.2, 0.25) is 0 Å². The van der Waals surface area contributed by atoms with E-state index in [0.29, 0.717) is 38.4 Å². The van der Waals surface area contributed by atoms with Crippen LogP contribution in [-0.2, 0) is 25.7 Å². The third kappa shape index (κ3) is 5.37. The van der Waals surface area contributed by atoms with E-state index in [9.17, 15) is 10.2 Å². The van der Waals surface area contributed by atoms with Crippen molar-refractivity contribution in [1.29, 1.82) is 0 Å². The van der Waals surface area contributed by atoms with Crippen LogP contribution < -0.4 is 9.47 Å². The highest BCUT2D eigenvalue weighted by atomic mass is 79.9. The summed E-state index contributed by atoms with van der Waals surface area (Å²) in [4.78, 5) is 0. The SMILES string of the molecule is Oc1c(Br)cc2cc1Oc1ccc(cc1)CCc1c(Br)cc(Br)c(O)c1Oc1cccc(c1)CC2. The molecule has 0 radical (unpaired) electrons. The van der Waals surface area contributed by atoms with E-state index in [4.69, 9.17) is 9.47 Å². The highest BCUT2D eigenvalue weighted by Gasteiger charge is 2.19. The third-order valence-electron chi connectivity index (χ3n) is 5.98. The van der Waals surface area contributed by atoms with Gasteiger partial charge in [0.2, 0.25) is 0 Å². The lowest BCUT2D eigenvalue weighted by Gasteiger charge is -2.17. The van der Waals surface area contributed by atoms with Gasteiger partial charge < -0.3 is 19.7 Å². The number of phenolic OH excluding ortho intramolecular Hbond substituents is 2. The Kier molecular flexibility index (Phi) is 7.09. The summed E-state index contributed by atoms with van der Waals surface area (Å²) in [5.74, 6) is 2.32. The van der Waals surface area contributed by atoms with Gasteiger partial charge in [0.1, 0.15) is 11.5 Å². The first-order valence-electron chi connectivity index (χ1n) is 11.1. The highest BCUT2D eigenvalue weighted by molar-refractivity contribution is 9.11. The summed E-state index contributed by atoms with van der Waals surface area (Å²) in [6.07, 6.45) is 2.91. The molecular weight excluding hydrogens is 640 g/mol. The minimum Gasteiger partial charge on any atom is -0.503 e. The van der Waals surface area contributed by atoms with Crippen molar-refractivity contribution in [3.05, 3.63) is 102 Å². The van der Waals surface area contributed by atoms with Gasteiger partial charge in [-0.25, -0.2) is 0 Å². The van der Waals surface area contributed by atoms with Crippen LogP contribution in [-0.4, -0.2) is 10.2 Å². The van der Waals surface area contributed by atoms with Crippen LogP contribution in [0.1, 0.15) is 22.3 Å². The largest absolute Gasteiger partial charge is 0.503 e. The van der Waals surface area contributed by atoms with E-state index in [-0.39, 0.29) is 11.5 Å². The molecule has 6 bridgehead atoms. The zero-order valence-electron chi connectivity index (χ0n) is 18.5. The van der Waals surface area contributed by atoms with E-state index in [2.05, 4.69) is 53.9 Å². The molecule has 0 saturated heterocycles. The predicted molar refractivity (Wildman–Crippen MR) is 147 cm³/mol. The number of hydrogen-bond donors (Lipinski definition) is 2. The molecule has 2 aliphatic rings. The van der Waals surface area contributed by atoms with Crippen LogP contribution in [0.15, 0.2) is 80.1 Å². The summed E-state index contributed by atoms with van der Waals surface area (Å²) < 4.78 is 14.3. The maximum absolute atomic E-state index is 10.8. The van der Waals surface area contributed by atoms with Gasteiger partial charge in [-0.3, -0.25) is 0 Å². The molecule has 0 atom stereocenters. The van der Waals surface area contributed by atoms with E-state index >= 15 is 0 Å². The number of fused-ring (bicyclic) bond motifs is 4. The Bertz CT molecular complexity index is 1400. The zero-order chi connectivity index (χ0) is 24.5. The Morgan fingerprint density at radius 2 is 1.29 bits per heavy atom. The van der Waals surface area contributed by atoms with Gasteiger partial charge in [-0.15, -0.1) is 0 Å². The van der Waals surface area contributed by atoms with Gasteiger partial charge in [-0.2, -0.15) is 0 Å². The fraction of sp³-hybridized carbons (Fsp3) is 0.143. The molecule has 0 aromatic heterocycles. The molecule has 4 aromatic carbocycles. The molecule has 0 fully saturated rings. The Morgan fingerprint density at radius 1 is 0.571 bits per heavy atom. The number of aromatic hydroxyl groups is 2. The first kappa shape index (κ1) is 24.2. The summed E-state index contributed by atoms with van der Waals surface area (Å²) in [5.41, 5.74) is 4.13. The van der Waals surface area contributed by atoms with Gasteiger partial charge >= 0.3 is 0 Å². The number of rotatable bonds is 0. The van der Waals surface area contributed by atoms with E-state index in [1.165, 1.54) is 0 Å². The van der Waals surface area contributed by atoms with Crippen LogP contribution in [0, 0.1) is 0 Å². The summed E-state index contributed by atoms with van der Waals surface area (Å²) in [7, 11) is 0. The molecule has 0 saturated carbocycles. The maximum Gasteiger partial charge on any atom is 0.174 e. The number of benzene rings is 4. The lowest BCUT2D eigenvalue weighted by atomic mass is 10.0. The molecule has 4 aromatic rings. The summed E-state index contributed by atoms with van der Waals surface area (Å²) in [6.45, 7) is 0. The van der Waals surface area contributed by atoms with Crippen LogP contribution in [0.4, 0.5) is 0 Å². The van der Waals surface area contributed by atoms with Crippen molar-refractivity contribution < 1.29 is 19.7 Å². The quantitative estimate of drug-likeness (QED) is 0.198. The van der Waals surface area contributed by atoms with Crippen LogP contribution >= 0.6 is 47.8 Å². The summed E-state index contributed by atoms with van der Waals surface area (Å²) in [6, 6.07) is 21.3. The van der Waals surface area contributed by atoms with E-state index in [1.807, 2.05) is 60.7 Å². The Balaban J connectivity index is 1.59. The molecule has 2 N–H and O–H groups in total. The number of aryl methyl sites for hydroxylation is 3. The lowest BCUT2D eigenvalue weighted by Crippen LogP contribution is -1.99. The van der Waals surface area contributed by atoms with Gasteiger partial charge in [0.05, 0.1) is 8.95 Å². The second-order valence-electron chi connectivity index (χ2n) is 8.42. The lowest BCUT2D eigenvalue weighted by molar-refractivity contribution is 0.404. The number of phenols is 2. The Labute approximate surface area is 228 Å². The number of halogens is 3. The molecular formula is C28H21Br3O4. The minimum absolute atomic E-state index is 0.0771. The fourth-order valence-electron chi connectivity index (χ4n) is 4.11. The maximum atomic E-state index is 10.8. The van der Waals surface area contributed by atoms with Crippen LogP contribution in [0.25, 0.3) is 0 Å². The molecule has 0 unspecified atom stereocenters. The number of ether oxygens (including phenoxy) is 2. The van der Waals surface area contributed by atoms with Crippen molar-refractivity contribution >= 4 is 47.8 Å². The number of hydrogen-bond acceptors (Lipinski definition) is 4. The van der Waals surface area contributed by atoms with Crippen molar-refractivity contribution in [2.75, 3.05) is 0 Å². The molecule has 6 rings (SSSR count).